The molecule has 0 aliphatic heterocycles. The van der Waals surface area contributed by atoms with E-state index in [2.05, 4.69) is 75.6 Å². The number of aryl methyl sites for hydroxylation is 1. The van der Waals surface area contributed by atoms with Crippen LogP contribution in [-0.2, 0) is 9.53 Å². The van der Waals surface area contributed by atoms with Gasteiger partial charge in [0, 0.05) is 43.0 Å². The topological polar surface area (TPSA) is 112 Å². The van der Waals surface area contributed by atoms with Crippen molar-refractivity contribution in [3.63, 3.8) is 0 Å². The molecule has 9 heteroatoms. The van der Waals surface area contributed by atoms with Crippen LogP contribution >= 0.6 is 0 Å². The highest BCUT2D eigenvalue weighted by atomic mass is 16.6. The number of carbonyl (C=O) groups excluding carboxylic acids is 2. The number of rotatable bonds is 11. The predicted octanol–water partition coefficient (Wildman–Crippen LogP) is 6.75. The van der Waals surface area contributed by atoms with Crippen LogP contribution in [-0.4, -0.2) is 54.6 Å². The molecule has 46 heavy (non-hydrogen) atoms. The maximum atomic E-state index is 14.3. The van der Waals surface area contributed by atoms with E-state index in [0.29, 0.717) is 56.7 Å². The molecule has 0 spiro atoms. The van der Waals surface area contributed by atoms with Crippen LogP contribution in [0.3, 0.4) is 0 Å². The van der Waals surface area contributed by atoms with E-state index in [9.17, 15) is 9.59 Å². The average molecular weight is 628 g/mol. The van der Waals surface area contributed by atoms with Crippen LogP contribution in [0.2, 0.25) is 0 Å². The van der Waals surface area contributed by atoms with Crippen LogP contribution in [0.15, 0.2) is 54.9 Å². The van der Waals surface area contributed by atoms with Crippen molar-refractivity contribution in [2.75, 3.05) is 31.6 Å². The minimum atomic E-state index is -0.427. The normalized spacial score (nSPS) is 23.0. The molecule has 246 valence electrons. The average Bonchev–Trinajstić information content (AvgIpc) is 3.82. The Morgan fingerprint density at radius 2 is 1.76 bits per heavy atom. The number of alkyl carbamates (subject to hydrolysis) is 1. The number of nitrogens with zero attached hydrogens (tertiary/aromatic N) is 3. The molecule has 0 bridgehead atoms. The van der Waals surface area contributed by atoms with E-state index in [0.717, 1.165) is 54.8 Å². The third-order valence-corrected chi connectivity index (χ3v) is 10.2. The van der Waals surface area contributed by atoms with Crippen molar-refractivity contribution >= 4 is 17.7 Å². The molecule has 3 aliphatic rings. The number of aromatic nitrogens is 2. The maximum Gasteiger partial charge on any atom is 0.407 e. The van der Waals surface area contributed by atoms with E-state index in [4.69, 9.17) is 15.2 Å². The van der Waals surface area contributed by atoms with E-state index in [-0.39, 0.29) is 17.9 Å². The van der Waals surface area contributed by atoms with Crippen LogP contribution in [0.5, 0.6) is 5.75 Å². The summed E-state index contributed by atoms with van der Waals surface area (Å²) in [4.78, 5) is 28.5. The molecule has 3 saturated carbocycles. The highest BCUT2D eigenvalue weighted by Gasteiger charge is 2.34. The number of methoxy groups -OCH3 is 1. The first-order chi connectivity index (χ1) is 22.4. The van der Waals surface area contributed by atoms with E-state index in [1.807, 2.05) is 6.20 Å². The van der Waals surface area contributed by atoms with Gasteiger partial charge in [0.25, 0.3) is 0 Å². The Morgan fingerprint density at radius 3 is 2.46 bits per heavy atom. The second-order valence-electron chi connectivity index (χ2n) is 13.5. The van der Waals surface area contributed by atoms with Gasteiger partial charge in [-0.1, -0.05) is 24.3 Å². The van der Waals surface area contributed by atoms with Gasteiger partial charge >= 0.3 is 6.09 Å². The van der Waals surface area contributed by atoms with E-state index < -0.39 is 6.09 Å². The SMILES string of the molecule is COc1ccc([C@H]2CC[C@H](CN(c3cccc(-c4cnn(C5CC5)c4)c3)C(=O)[C@H]3CC[C@H](OC(=O)NCCN)CC3)CC2)cc1C. The summed E-state index contributed by atoms with van der Waals surface area (Å²) in [7, 11) is 1.72. The molecule has 2 amide bonds. The number of nitrogens with one attached hydrogen (secondary N) is 1. The second-order valence-corrected chi connectivity index (χ2v) is 13.5. The lowest BCUT2D eigenvalue weighted by Crippen LogP contribution is -2.42. The quantitative estimate of drug-likeness (QED) is 0.243. The van der Waals surface area contributed by atoms with Crippen LogP contribution < -0.4 is 20.7 Å². The first kappa shape index (κ1) is 32.1. The summed E-state index contributed by atoms with van der Waals surface area (Å²) in [5.74, 6) is 2.00. The molecule has 0 atom stereocenters. The molecule has 0 saturated heterocycles. The van der Waals surface area contributed by atoms with Crippen LogP contribution in [0, 0.1) is 18.8 Å². The molecule has 3 aromatic rings. The Kier molecular flexibility index (Phi) is 10.3. The molecule has 3 fully saturated rings. The molecule has 6 rings (SSSR count). The van der Waals surface area contributed by atoms with Crippen LogP contribution in [0.4, 0.5) is 10.5 Å². The standard InChI is InChI=1S/C37H49N5O4/c1-25-20-30(12-17-35(25)45-2)27-8-6-26(7-9-27)23-41(36(43)28-10-15-34(16-11-28)46-37(44)39-19-18-38)33-5-3-4-29(21-33)31-22-40-42(24-31)32-13-14-32/h3-5,12,17,20-22,24,26-28,32,34H,6-11,13-16,18-19,23,38H2,1-2H3,(H,39,44)/t26-,27-,28-,34-. The van der Waals surface area contributed by atoms with Gasteiger partial charge in [-0.15, -0.1) is 0 Å². The summed E-state index contributed by atoms with van der Waals surface area (Å²) in [6.07, 6.45) is 13.1. The zero-order valence-corrected chi connectivity index (χ0v) is 27.3. The minimum Gasteiger partial charge on any atom is -0.496 e. The van der Waals surface area contributed by atoms with Gasteiger partial charge in [-0.3, -0.25) is 9.48 Å². The summed E-state index contributed by atoms with van der Waals surface area (Å²) in [6.45, 7) is 3.59. The number of carbonyl (C=O) groups is 2. The van der Waals surface area contributed by atoms with Crippen molar-refractivity contribution in [2.24, 2.45) is 17.6 Å². The number of hydrogen-bond acceptors (Lipinski definition) is 6. The van der Waals surface area contributed by atoms with Gasteiger partial charge in [0.05, 0.1) is 19.3 Å². The third kappa shape index (κ3) is 7.74. The van der Waals surface area contributed by atoms with Crippen molar-refractivity contribution in [3.8, 4) is 16.9 Å². The van der Waals surface area contributed by atoms with E-state index in [1.54, 1.807) is 7.11 Å². The summed E-state index contributed by atoms with van der Waals surface area (Å²) in [5.41, 5.74) is 11.2. The van der Waals surface area contributed by atoms with Gasteiger partial charge in [-0.2, -0.15) is 5.10 Å². The Labute approximate surface area is 272 Å². The first-order valence-electron chi connectivity index (χ1n) is 17.2. The molecule has 9 nitrogen and oxygen atoms in total. The number of nitrogens with two attached hydrogens (primary N) is 1. The molecule has 0 radical (unpaired) electrons. The van der Waals surface area contributed by atoms with Crippen molar-refractivity contribution in [1.29, 1.82) is 0 Å². The molecule has 3 N–H and O–H groups in total. The summed E-state index contributed by atoms with van der Waals surface area (Å²) >= 11 is 0. The predicted molar refractivity (Wildman–Crippen MR) is 180 cm³/mol. The molecular weight excluding hydrogens is 578 g/mol. The molecular formula is C37H49N5O4. The van der Waals surface area contributed by atoms with Crippen molar-refractivity contribution < 1.29 is 19.1 Å². The fraction of sp³-hybridized carbons (Fsp3) is 0.541. The molecule has 0 unspecified atom stereocenters. The third-order valence-electron chi connectivity index (χ3n) is 10.2. The van der Waals surface area contributed by atoms with Crippen molar-refractivity contribution in [3.05, 3.63) is 66.0 Å². The maximum absolute atomic E-state index is 14.3. The van der Waals surface area contributed by atoms with Gasteiger partial charge in [0.2, 0.25) is 5.91 Å². The van der Waals surface area contributed by atoms with Crippen LogP contribution in [0.1, 0.15) is 87.3 Å². The van der Waals surface area contributed by atoms with Crippen LogP contribution in [0.25, 0.3) is 11.1 Å². The van der Waals surface area contributed by atoms with Gasteiger partial charge in [-0.25, -0.2) is 4.79 Å². The lowest BCUT2D eigenvalue weighted by Gasteiger charge is -2.36. The highest BCUT2D eigenvalue weighted by molar-refractivity contribution is 5.95. The fourth-order valence-electron chi connectivity index (χ4n) is 7.31. The number of hydrogen-bond donors (Lipinski definition) is 2. The highest BCUT2D eigenvalue weighted by Crippen LogP contribution is 2.40. The Balaban J connectivity index is 1.15. The molecule has 3 aliphatic carbocycles. The Bertz CT molecular complexity index is 1480. The van der Waals surface area contributed by atoms with Crippen molar-refractivity contribution in [2.45, 2.75) is 89.2 Å². The molecule has 1 aromatic heterocycles. The Hall–Kier alpha value is -3.85. The number of benzene rings is 2. The number of amides is 2. The van der Waals surface area contributed by atoms with Crippen molar-refractivity contribution in [1.82, 2.24) is 15.1 Å². The summed E-state index contributed by atoms with van der Waals surface area (Å²) in [5, 5.41) is 7.28. The zero-order valence-electron chi connectivity index (χ0n) is 27.3. The largest absolute Gasteiger partial charge is 0.496 e. The van der Waals surface area contributed by atoms with Gasteiger partial charge in [0.1, 0.15) is 11.9 Å². The lowest BCUT2D eigenvalue weighted by atomic mass is 9.78. The van der Waals surface area contributed by atoms with Gasteiger partial charge in [-0.05, 0) is 118 Å². The monoisotopic (exact) mass is 627 g/mol. The van der Waals surface area contributed by atoms with E-state index >= 15 is 0 Å². The number of ether oxygens (including phenoxy) is 2. The summed E-state index contributed by atoms with van der Waals surface area (Å²) < 4.78 is 13.2. The smallest absolute Gasteiger partial charge is 0.407 e. The van der Waals surface area contributed by atoms with E-state index in [1.165, 1.54) is 24.0 Å². The summed E-state index contributed by atoms with van der Waals surface area (Å²) in [6, 6.07) is 15.5. The van der Waals surface area contributed by atoms with Gasteiger partial charge < -0.3 is 25.4 Å². The lowest BCUT2D eigenvalue weighted by molar-refractivity contribution is -0.124. The molecule has 1 heterocycles. The first-order valence-corrected chi connectivity index (χ1v) is 17.2. The molecule has 2 aromatic carbocycles. The van der Waals surface area contributed by atoms with Gasteiger partial charge in [0.15, 0.2) is 0 Å². The fourth-order valence-corrected chi connectivity index (χ4v) is 7.31. The number of anilines is 1. The minimum absolute atomic E-state index is 0.0909. The zero-order chi connectivity index (χ0) is 32.0. The second kappa shape index (κ2) is 14.7. The Morgan fingerprint density at radius 1 is 0.978 bits per heavy atom.